The van der Waals surface area contributed by atoms with Gasteiger partial charge in [-0.1, -0.05) is 19.3 Å². The normalized spacial score (nSPS) is 16.3. The third-order valence-electron chi connectivity index (χ3n) is 3.23. The maximum absolute atomic E-state index is 5.01. The molecule has 0 unspecified atom stereocenters. The van der Waals surface area contributed by atoms with Crippen LogP contribution in [-0.2, 0) is 0 Å². The van der Waals surface area contributed by atoms with Gasteiger partial charge in [-0.2, -0.15) is 9.97 Å². The largest absolute Gasteiger partial charge is 0.467 e. The van der Waals surface area contributed by atoms with Crippen LogP contribution in [0.4, 0.5) is 5.95 Å². The van der Waals surface area contributed by atoms with Crippen molar-refractivity contribution in [2.45, 2.75) is 32.1 Å². The summed E-state index contributed by atoms with van der Waals surface area (Å²) in [7, 11) is 3.05. The molecule has 1 N–H and O–H groups in total. The fraction of sp³-hybridized carbons (Fsp3) is 0.750. The average molecular weight is 252 g/mol. The summed E-state index contributed by atoms with van der Waals surface area (Å²) in [4.78, 5) is 12.3. The third-order valence-corrected chi connectivity index (χ3v) is 3.23. The number of hydrogen-bond acceptors (Lipinski definition) is 6. The van der Waals surface area contributed by atoms with Crippen LogP contribution in [0.15, 0.2) is 0 Å². The highest BCUT2D eigenvalue weighted by atomic mass is 16.5. The number of nitrogens with one attached hydrogen (secondary N) is 1. The smallest absolute Gasteiger partial charge is 0.324 e. The minimum absolute atomic E-state index is 0.271. The van der Waals surface area contributed by atoms with Crippen LogP contribution in [0.3, 0.4) is 0 Å². The van der Waals surface area contributed by atoms with Crippen molar-refractivity contribution in [3.63, 3.8) is 0 Å². The first-order valence-corrected chi connectivity index (χ1v) is 6.39. The van der Waals surface area contributed by atoms with Gasteiger partial charge >= 0.3 is 12.0 Å². The summed E-state index contributed by atoms with van der Waals surface area (Å²) in [5.74, 6) is 1.23. The van der Waals surface area contributed by atoms with E-state index in [1.807, 2.05) is 0 Å². The first-order chi connectivity index (χ1) is 8.81. The molecule has 6 heteroatoms. The van der Waals surface area contributed by atoms with Crippen LogP contribution in [0.2, 0.25) is 0 Å². The quantitative estimate of drug-likeness (QED) is 0.863. The van der Waals surface area contributed by atoms with E-state index < -0.39 is 0 Å². The zero-order valence-electron chi connectivity index (χ0n) is 11.0. The van der Waals surface area contributed by atoms with Gasteiger partial charge in [-0.3, -0.25) is 0 Å². The van der Waals surface area contributed by atoms with Gasteiger partial charge in [0.05, 0.1) is 14.2 Å². The molecule has 6 nitrogen and oxygen atoms in total. The van der Waals surface area contributed by atoms with E-state index in [2.05, 4.69) is 20.3 Å². The lowest BCUT2D eigenvalue weighted by atomic mass is 9.89. The van der Waals surface area contributed by atoms with Crippen molar-refractivity contribution in [3.05, 3.63) is 0 Å². The van der Waals surface area contributed by atoms with E-state index >= 15 is 0 Å². The van der Waals surface area contributed by atoms with Gasteiger partial charge in [0, 0.05) is 6.54 Å². The number of hydrogen-bond donors (Lipinski definition) is 1. The van der Waals surface area contributed by atoms with Crippen LogP contribution < -0.4 is 14.8 Å². The van der Waals surface area contributed by atoms with Crippen molar-refractivity contribution >= 4 is 5.95 Å². The van der Waals surface area contributed by atoms with Crippen LogP contribution in [-0.4, -0.2) is 35.7 Å². The van der Waals surface area contributed by atoms with E-state index in [-0.39, 0.29) is 12.0 Å². The van der Waals surface area contributed by atoms with Crippen molar-refractivity contribution in [3.8, 4) is 12.0 Å². The van der Waals surface area contributed by atoms with Crippen LogP contribution in [0.25, 0.3) is 0 Å². The Hall–Kier alpha value is -1.59. The first-order valence-electron chi connectivity index (χ1n) is 6.39. The maximum atomic E-state index is 5.01. The molecule has 1 aliphatic carbocycles. The minimum atomic E-state index is 0.271. The molecule has 0 atom stereocenters. The van der Waals surface area contributed by atoms with Crippen LogP contribution in [0.1, 0.15) is 32.1 Å². The summed E-state index contributed by atoms with van der Waals surface area (Å²) in [5, 5.41) is 3.24. The summed E-state index contributed by atoms with van der Waals surface area (Å²) in [6.45, 7) is 0.899. The monoisotopic (exact) mass is 252 g/mol. The molecule has 0 saturated heterocycles. The fourth-order valence-electron chi connectivity index (χ4n) is 2.23. The number of rotatable bonds is 5. The first kappa shape index (κ1) is 12.9. The van der Waals surface area contributed by atoms with Gasteiger partial charge in [0.25, 0.3) is 0 Å². The topological polar surface area (TPSA) is 69.2 Å². The Morgan fingerprint density at radius 2 is 1.61 bits per heavy atom. The molecule has 1 fully saturated rings. The molecule has 1 aliphatic rings. The van der Waals surface area contributed by atoms with Gasteiger partial charge in [-0.15, -0.1) is 4.98 Å². The summed E-state index contributed by atoms with van der Waals surface area (Å²) in [6.07, 6.45) is 6.59. The number of aromatic nitrogens is 3. The zero-order chi connectivity index (χ0) is 12.8. The van der Waals surface area contributed by atoms with Crippen LogP contribution in [0, 0.1) is 5.92 Å². The fourth-order valence-corrected chi connectivity index (χ4v) is 2.23. The Morgan fingerprint density at radius 3 is 2.17 bits per heavy atom. The standard InChI is InChI=1S/C12H20N4O2/c1-17-11-14-10(15-12(16-11)18-2)13-8-9-6-4-3-5-7-9/h9H,3-8H2,1-2H3,(H,13,14,15,16). The molecule has 0 spiro atoms. The Labute approximate surface area is 107 Å². The lowest BCUT2D eigenvalue weighted by molar-refractivity contribution is 0.340. The van der Waals surface area contributed by atoms with Gasteiger partial charge in [0.2, 0.25) is 5.95 Å². The molecule has 2 rings (SSSR count). The van der Waals surface area contributed by atoms with Crippen molar-refractivity contribution in [2.24, 2.45) is 5.92 Å². The highest BCUT2D eigenvalue weighted by Crippen LogP contribution is 2.23. The lowest BCUT2D eigenvalue weighted by Gasteiger charge is -2.21. The Morgan fingerprint density at radius 1 is 1.00 bits per heavy atom. The average Bonchev–Trinajstić information content (AvgIpc) is 2.45. The van der Waals surface area contributed by atoms with E-state index in [1.54, 1.807) is 0 Å². The van der Waals surface area contributed by atoms with Crippen LogP contribution >= 0.6 is 0 Å². The highest BCUT2D eigenvalue weighted by Gasteiger charge is 2.14. The van der Waals surface area contributed by atoms with Gasteiger partial charge in [0.1, 0.15) is 0 Å². The SMILES string of the molecule is COc1nc(NCC2CCCCC2)nc(OC)n1. The molecule has 1 saturated carbocycles. The van der Waals surface area contributed by atoms with Crippen molar-refractivity contribution in [2.75, 3.05) is 26.1 Å². The summed E-state index contributed by atoms with van der Waals surface area (Å²) in [6, 6.07) is 0.543. The van der Waals surface area contributed by atoms with Crippen LogP contribution in [0.5, 0.6) is 12.0 Å². The second-order valence-corrected chi connectivity index (χ2v) is 4.52. The molecule has 100 valence electrons. The number of nitrogens with zero attached hydrogens (tertiary/aromatic N) is 3. The van der Waals surface area contributed by atoms with Crippen molar-refractivity contribution in [1.29, 1.82) is 0 Å². The molecule has 1 aromatic rings. The minimum Gasteiger partial charge on any atom is -0.467 e. The Balaban J connectivity index is 1.94. The molecule has 0 bridgehead atoms. The second-order valence-electron chi connectivity index (χ2n) is 4.52. The summed E-state index contributed by atoms with van der Waals surface area (Å²) < 4.78 is 10.0. The predicted octanol–water partition coefficient (Wildman–Crippen LogP) is 1.88. The second kappa shape index (κ2) is 6.37. The Bertz CT molecular complexity index is 358. The van der Waals surface area contributed by atoms with E-state index in [9.17, 15) is 0 Å². The Kier molecular flexibility index (Phi) is 4.55. The number of ether oxygens (including phenoxy) is 2. The maximum Gasteiger partial charge on any atom is 0.324 e. The number of methoxy groups -OCH3 is 2. The van der Waals surface area contributed by atoms with Gasteiger partial charge < -0.3 is 14.8 Å². The molecular weight excluding hydrogens is 232 g/mol. The molecule has 18 heavy (non-hydrogen) atoms. The molecule has 1 heterocycles. The molecular formula is C12H20N4O2. The van der Waals surface area contributed by atoms with Crippen molar-refractivity contribution < 1.29 is 9.47 Å². The molecule has 0 amide bonds. The van der Waals surface area contributed by atoms with E-state index in [0.717, 1.165) is 6.54 Å². The highest BCUT2D eigenvalue weighted by molar-refractivity contribution is 5.27. The zero-order valence-corrected chi connectivity index (χ0v) is 11.0. The summed E-state index contributed by atoms with van der Waals surface area (Å²) in [5.41, 5.74) is 0. The van der Waals surface area contributed by atoms with E-state index in [0.29, 0.717) is 11.9 Å². The van der Waals surface area contributed by atoms with Gasteiger partial charge in [0.15, 0.2) is 0 Å². The molecule has 0 aliphatic heterocycles. The van der Waals surface area contributed by atoms with E-state index in [4.69, 9.17) is 9.47 Å². The molecule has 0 radical (unpaired) electrons. The summed E-state index contributed by atoms with van der Waals surface area (Å²) >= 11 is 0. The molecule has 1 aromatic heterocycles. The lowest BCUT2D eigenvalue weighted by Crippen LogP contribution is -2.18. The predicted molar refractivity (Wildman–Crippen MR) is 68.0 cm³/mol. The van der Waals surface area contributed by atoms with Gasteiger partial charge in [-0.05, 0) is 18.8 Å². The molecule has 0 aromatic carbocycles. The van der Waals surface area contributed by atoms with Crippen molar-refractivity contribution in [1.82, 2.24) is 15.0 Å². The van der Waals surface area contributed by atoms with Gasteiger partial charge in [-0.25, -0.2) is 0 Å². The number of anilines is 1. The third kappa shape index (κ3) is 3.45. The van der Waals surface area contributed by atoms with E-state index in [1.165, 1.54) is 46.3 Å².